The predicted octanol–water partition coefficient (Wildman–Crippen LogP) is 6.05. The van der Waals surface area contributed by atoms with Gasteiger partial charge in [-0.1, -0.05) is 54.6 Å². The molecule has 0 aliphatic carbocycles. The van der Waals surface area contributed by atoms with Gasteiger partial charge in [0.2, 0.25) is 0 Å². The Balaban J connectivity index is 1.23. The van der Waals surface area contributed by atoms with Crippen LogP contribution < -0.4 is 19.5 Å². The van der Waals surface area contributed by atoms with Gasteiger partial charge < -0.3 is 48.0 Å². The van der Waals surface area contributed by atoms with E-state index in [9.17, 15) is 14.9 Å². The summed E-state index contributed by atoms with van der Waals surface area (Å²) in [5.74, 6) is 1.62. The molecule has 1 aliphatic heterocycles. The van der Waals surface area contributed by atoms with Crippen molar-refractivity contribution in [2.45, 2.75) is 56.7 Å². The Morgan fingerprint density at radius 1 is 0.821 bits per heavy atom. The highest BCUT2D eigenvalue weighted by atomic mass is 16.9. The monoisotopic (exact) mass is 776 g/mol. The van der Waals surface area contributed by atoms with E-state index in [-0.39, 0.29) is 50.8 Å². The van der Waals surface area contributed by atoms with Gasteiger partial charge in [-0.2, -0.15) is 0 Å². The largest absolute Gasteiger partial charge is 0.496 e. The molecule has 1 heterocycles. The third-order valence-corrected chi connectivity index (χ3v) is 9.35. The third-order valence-electron chi connectivity index (χ3n) is 9.35. The molecule has 0 amide bonds. The number of ether oxygens (including phenoxy) is 8. The Kier molecular flexibility index (Phi) is 17.0. The smallest absolute Gasteiger partial charge is 0.306 e. The molecule has 4 unspecified atom stereocenters. The number of nitrogens with one attached hydrogen (secondary N) is 1. The van der Waals surface area contributed by atoms with Crippen molar-refractivity contribution in [1.29, 1.82) is 0 Å². The maximum atomic E-state index is 12.5. The summed E-state index contributed by atoms with van der Waals surface area (Å²) in [6.07, 6.45) is -0.487. The molecule has 1 aliphatic rings. The zero-order valence-electron chi connectivity index (χ0n) is 32.2. The average Bonchev–Trinajstić information content (AvgIpc) is 3.22. The summed E-state index contributed by atoms with van der Waals surface area (Å²) in [6.45, 7) is 2.96. The van der Waals surface area contributed by atoms with Crippen molar-refractivity contribution < 1.29 is 52.6 Å². The number of carbonyl (C=O) groups is 1. The number of methoxy groups -OCH3 is 3. The Labute approximate surface area is 327 Å². The number of fused-ring (bicyclic) bond motifs is 1. The second-order valence-corrected chi connectivity index (χ2v) is 13.3. The van der Waals surface area contributed by atoms with Gasteiger partial charge in [0.05, 0.1) is 72.7 Å². The molecular formula is C42H52N2O12. The topological polar surface area (TPSA) is 155 Å². The zero-order valence-corrected chi connectivity index (χ0v) is 32.2. The summed E-state index contributed by atoms with van der Waals surface area (Å²) in [7, 11) is 4.83. The number of nitrogens with zero attached hydrogens (tertiary/aromatic N) is 1. The van der Waals surface area contributed by atoms with Crippen LogP contribution in [-0.2, 0) is 46.5 Å². The van der Waals surface area contributed by atoms with Gasteiger partial charge in [0, 0.05) is 49.9 Å². The van der Waals surface area contributed by atoms with Gasteiger partial charge in [0.15, 0.2) is 0 Å². The molecule has 0 aromatic heterocycles. The first kappa shape index (κ1) is 42.2. The van der Waals surface area contributed by atoms with Crippen LogP contribution in [-0.4, -0.2) is 96.8 Å². The fourth-order valence-corrected chi connectivity index (χ4v) is 6.68. The number of hydrogen-bond acceptors (Lipinski definition) is 13. The molecule has 302 valence electrons. The average molecular weight is 777 g/mol. The number of rotatable bonds is 24. The maximum Gasteiger partial charge on any atom is 0.306 e. The standard InChI is InChI=1S/C42H52N2O12/c1-48-28-35(56-41(45)14-8-21-55-44(46)47)29-54-40-25-43-24-39(53-26-30-22-32-10-4-6-12-36(32)38(23-30)50-3)42(40)31-15-17-34(18-16-31)52-20-9-19-51-27-33-11-5-7-13-37(33)49-2/h4-7,10-13,15-18,22-23,35,39-40,42-43H,8-9,14,19-21,24-29H2,1-3H3. The van der Waals surface area contributed by atoms with Crippen molar-refractivity contribution in [1.82, 2.24) is 5.32 Å². The van der Waals surface area contributed by atoms with Crippen molar-refractivity contribution in [2.24, 2.45) is 0 Å². The van der Waals surface area contributed by atoms with Crippen molar-refractivity contribution in [3.05, 3.63) is 112 Å². The SMILES string of the molecule is COCC(COC1CNCC(OCc2cc(OC)c3ccccc3c2)C1c1ccc(OCCCOCc2ccccc2OC)cc1)OC(=O)CCCO[N+](=O)[O-]. The molecule has 1 saturated heterocycles. The van der Waals surface area contributed by atoms with Crippen LogP contribution in [0, 0.1) is 10.1 Å². The van der Waals surface area contributed by atoms with Crippen molar-refractivity contribution in [3.63, 3.8) is 0 Å². The van der Waals surface area contributed by atoms with Gasteiger partial charge in [-0.3, -0.25) is 4.79 Å². The molecule has 0 saturated carbocycles. The van der Waals surface area contributed by atoms with E-state index in [0.29, 0.717) is 39.5 Å². The molecule has 4 aromatic rings. The maximum absolute atomic E-state index is 12.5. The highest BCUT2D eigenvalue weighted by molar-refractivity contribution is 5.89. The summed E-state index contributed by atoms with van der Waals surface area (Å²) in [6, 6.07) is 28.0. The summed E-state index contributed by atoms with van der Waals surface area (Å²) < 4.78 is 47.1. The van der Waals surface area contributed by atoms with E-state index in [0.717, 1.165) is 51.1 Å². The Bertz CT molecular complexity index is 1810. The molecule has 1 N–H and O–H groups in total. The Hall–Kier alpha value is -4.99. The lowest BCUT2D eigenvalue weighted by Gasteiger charge is -2.39. The lowest BCUT2D eigenvalue weighted by Crippen LogP contribution is -2.51. The third kappa shape index (κ3) is 12.8. The molecule has 56 heavy (non-hydrogen) atoms. The van der Waals surface area contributed by atoms with Gasteiger partial charge in [0.25, 0.3) is 5.09 Å². The van der Waals surface area contributed by atoms with Gasteiger partial charge in [0.1, 0.15) is 23.4 Å². The number of benzene rings is 4. The minimum Gasteiger partial charge on any atom is -0.496 e. The van der Waals surface area contributed by atoms with Gasteiger partial charge in [-0.25, -0.2) is 0 Å². The van der Waals surface area contributed by atoms with E-state index < -0.39 is 17.2 Å². The normalized spacial score (nSPS) is 17.2. The Morgan fingerprint density at radius 3 is 2.34 bits per heavy atom. The quantitative estimate of drug-likeness (QED) is 0.0381. The van der Waals surface area contributed by atoms with E-state index in [1.807, 2.05) is 72.8 Å². The van der Waals surface area contributed by atoms with Crippen LogP contribution in [0.15, 0.2) is 84.9 Å². The van der Waals surface area contributed by atoms with Crippen LogP contribution in [0.5, 0.6) is 17.2 Å². The van der Waals surface area contributed by atoms with Crippen LogP contribution in [0.1, 0.15) is 41.9 Å². The first-order chi connectivity index (χ1) is 27.4. The van der Waals surface area contributed by atoms with Gasteiger partial charge >= 0.3 is 5.97 Å². The molecule has 4 atom stereocenters. The fraction of sp³-hybridized carbons (Fsp3) is 0.452. The predicted molar refractivity (Wildman–Crippen MR) is 208 cm³/mol. The van der Waals surface area contributed by atoms with E-state index in [1.54, 1.807) is 14.2 Å². The highest BCUT2D eigenvalue weighted by Gasteiger charge is 2.37. The summed E-state index contributed by atoms with van der Waals surface area (Å²) in [4.78, 5) is 27.3. The molecule has 1 fully saturated rings. The lowest BCUT2D eigenvalue weighted by molar-refractivity contribution is -0.757. The fourth-order valence-electron chi connectivity index (χ4n) is 6.68. The number of esters is 1. The molecule has 14 heteroatoms. The van der Waals surface area contributed by atoms with E-state index in [1.165, 1.54) is 7.11 Å². The summed E-state index contributed by atoms with van der Waals surface area (Å²) in [5, 5.41) is 15.1. The van der Waals surface area contributed by atoms with Crippen LogP contribution >= 0.6 is 0 Å². The minimum absolute atomic E-state index is 0.0402. The molecule has 4 aromatic carbocycles. The second kappa shape index (κ2) is 22.5. The van der Waals surface area contributed by atoms with E-state index in [4.69, 9.17) is 37.9 Å². The van der Waals surface area contributed by atoms with Crippen molar-refractivity contribution in [2.75, 3.05) is 67.5 Å². The van der Waals surface area contributed by atoms with Crippen LogP contribution in [0.3, 0.4) is 0 Å². The van der Waals surface area contributed by atoms with Gasteiger partial charge in [-0.05, 0) is 53.3 Å². The number of carbonyl (C=O) groups excluding carboxylic acids is 1. The molecule has 0 spiro atoms. The lowest BCUT2D eigenvalue weighted by atomic mass is 9.85. The molecule has 14 nitrogen and oxygen atoms in total. The highest BCUT2D eigenvalue weighted by Crippen LogP contribution is 2.33. The van der Waals surface area contributed by atoms with Crippen LogP contribution in [0.25, 0.3) is 10.8 Å². The first-order valence-electron chi connectivity index (χ1n) is 18.8. The van der Waals surface area contributed by atoms with Crippen LogP contribution in [0.4, 0.5) is 0 Å². The molecule has 0 radical (unpaired) electrons. The number of piperidine rings is 1. The van der Waals surface area contributed by atoms with Crippen molar-refractivity contribution in [3.8, 4) is 17.2 Å². The van der Waals surface area contributed by atoms with Crippen molar-refractivity contribution >= 4 is 16.7 Å². The summed E-state index contributed by atoms with van der Waals surface area (Å²) in [5.41, 5.74) is 2.99. The molecule has 0 bridgehead atoms. The number of para-hydroxylation sites is 1. The van der Waals surface area contributed by atoms with Crippen LogP contribution in [0.2, 0.25) is 0 Å². The number of hydrogen-bond donors (Lipinski definition) is 1. The zero-order chi connectivity index (χ0) is 39.5. The first-order valence-corrected chi connectivity index (χ1v) is 18.8. The van der Waals surface area contributed by atoms with Gasteiger partial charge in [-0.15, -0.1) is 10.1 Å². The molecule has 5 rings (SSSR count). The van der Waals surface area contributed by atoms with E-state index >= 15 is 0 Å². The summed E-state index contributed by atoms with van der Waals surface area (Å²) >= 11 is 0. The van der Waals surface area contributed by atoms with E-state index in [2.05, 4.69) is 22.3 Å². The Morgan fingerprint density at radius 2 is 1.57 bits per heavy atom. The minimum atomic E-state index is -0.888. The molecular weight excluding hydrogens is 724 g/mol. The second-order valence-electron chi connectivity index (χ2n) is 13.3.